The number of hydrogen-bond donors (Lipinski definition) is 1. The van der Waals surface area contributed by atoms with E-state index in [-0.39, 0.29) is 11.6 Å². The molecule has 1 N–H and O–H groups in total. The Bertz CT molecular complexity index is 713. The first-order chi connectivity index (χ1) is 10.1. The summed E-state index contributed by atoms with van der Waals surface area (Å²) < 4.78 is 18.1. The van der Waals surface area contributed by atoms with E-state index < -0.39 is 11.7 Å². The van der Waals surface area contributed by atoms with E-state index in [0.29, 0.717) is 17.0 Å². The molecule has 6 heteroatoms. The third-order valence-electron chi connectivity index (χ3n) is 2.54. The molecule has 0 saturated carbocycles. The summed E-state index contributed by atoms with van der Waals surface area (Å²) in [6.45, 7) is -0.247. The van der Waals surface area contributed by atoms with Gasteiger partial charge in [-0.15, -0.1) is 0 Å². The van der Waals surface area contributed by atoms with Crippen LogP contribution in [0.2, 0.25) is 5.02 Å². The molecule has 21 heavy (non-hydrogen) atoms. The van der Waals surface area contributed by atoms with E-state index in [0.717, 1.165) is 6.07 Å². The Morgan fingerprint density at radius 3 is 2.86 bits per heavy atom. The van der Waals surface area contributed by atoms with Gasteiger partial charge < -0.3 is 10.1 Å². The first-order valence-corrected chi connectivity index (χ1v) is 6.34. The van der Waals surface area contributed by atoms with Gasteiger partial charge in [0.2, 0.25) is 0 Å². The maximum atomic E-state index is 12.9. The van der Waals surface area contributed by atoms with Crippen LogP contribution in [0.3, 0.4) is 0 Å². The number of carbonyl (C=O) groups is 1. The first-order valence-electron chi connectivity index (χ1n) is 5.96. The van der Waals surface area contributed by atoms with Crippen molar-refractivity contribution in [2.24, 2.45) is 0 Å². The van der Waals surface area contributed by atoms with Crippen molar-refractivity contribution in [1.82, 2.24) is 0 Å². The van der Waals surface area contributed by atoms with Gasteiger partial charge in [-0.25, -0.2) is 4.39 Å². The number of rotatable bonds is 4. The average Bonchev–Trinajstić information content (AvgIpc) is 2.48. The number of hydrogen-bond acceptors (Lipinski definition) is 3. The predicted octanol–water partition coefficient (Wildman–Crippen LogP) is 3.37. The highest BCUT2D eigenvalue weighted by molar-refractivity contribution is 6.33. The fourth-order valence-electron chi connectivity index (χ4n) is 1.58. The van der Waals surface area contributed by atoms with Crippen molar-refractivity contribution >= 4 is 23.2 Å². The molecule has 2 aromatic carbocycles. The van der Waals surface area contributed by atoms with Crippen LogP contribution in [-0.2, 0) is 4.79 Å². The number of nitriles is 1. The lowest BCUT2D eigenvalue weighted by atomic mass is 10.2. The minimum Gasteiger partial charge on any atom is -0.484 e. The van der Waals surface area contributed by atoms with Crippen LogP contribution in [0.15, 0.2) is 42.5 Å². The van der Waals surface area contributed by atoms with Crippen LogP contribution in [0.4, 0.5) is 10.1 Å². The average molecular weight is 305 g/mol. The molecule has 0 unspecified atom stereocenters. The van der Waals surface area contributed by atoms with Crippen LogP contribution in [0, 0.1) is 17.1 Å². The fourth-order valence-corrected chi connectivity index (χ4v) is 1.80. The van der Waals surface area contributed by atoms with Crippen LogP contribution in [0.1, 0.15) is 5.56 Å². The summed E-state index contributed by atoms with van der Waals surface area (Å²) in [5.74, 6) is -0.511. The summed E-state index contributed by atoms with van der Waals surface area (Å²) in [6, 6.07) is 12.1. The summed E-state index contributed by atoms with van der Waals surface area (Å²) in [4.78, 5) is 11.7. The number of benzene rings is 2. The monoisotopic (exact) mass is 304 g/mol. The molecule has 0 aromatic heterocycles. The van der Waals surface area contributed by atoms with Gasteiger partial charge in [-0.1, -0.05) is 17.7 Å². The zero-order valence-electron chi connectivity index (χ0n) is 10.8. The minimum atomic E-state index is -0.484. The van der Waals surface area contributed by atoms with E-state index >= 15 is 0 Å². The molecular formula is C15H10ClFN2O2. The molecule has 0 aliphatic rings. The summed E-state index contributed by atoms with van der Waals surface area (Å²) in [5.41, 5.74) is 0.743. The van der Waals surface area contributed by atoms with Gasteiger partial charge in [-0.3, -0.25) is 4.79 Å². The van der Waals surface area contributed by atoms with Gasteiger partial charge in [0.1, 0.15) is 11.6 Å². The molecular weight excluding hydrogens is 295 g/mol. The lowest BCUT2D eigenvalue weighted by Gasteiger charge is -2.09. The number of amides is 1. The fraction of sp³-hybridized carbons (Fsp3) is 0.0667. The molecule has 0 spiro atoms. The molecule has 0 saturated heterocycles. The Labute approximate surface area is 125 Å². The SMILES string of the molecule is N#Cc1cccc(OCC(=O)Nc2ccc(F)cc2Cl)c1. The largest absolute Gasteiger partial charge is 0.484 e. The standard InChI is InChI=1S/C15H10ClFN2O2/c16-13-7-11(17)4-5-14(13)19-15(20)9-21-12-3-1-2-10(6-12)8-18/h1-7H,9H2,(H,19,20). The summed E-state index contributed by atoms with van der Waals surface area (Å²) in [5, 5.41) is 11.4. The highest BCUT2D eigenvalue weighted by Crippen LogP contribution is 2.22. The number of ether oxygens (including phenoxy) is 1. The third kappa shape index (κ3) is 4.20. The number of nitrogens with one attached hydrogen (secondary N) is 1. The molecule has 0 bridgehead atoms. The van der Waals surface area contributed by atoms with Crippen molar-refractivity contribution in [3.8, 4) is 11.8 Å². The van der Waals surface area contributed by atoms with Gasteiger partial charge in [0.15, 0.2) is 6.61 Å². The highest BCUT2D eigenvalue weighted by Gasteiger charge is 2.08. The van der Waals surface area contributed by atoms with Gasteiger partial charge >= 0.3 is 0 Å². The van der Waals surface area contributed by atoms with Crippen LogP contribution < -0.4 is 10.1 Å². The summed E-state index contributed by atoms with van der Waals surface area (Å²) in [7, 11) is 0. The van der Waals surface area contributed by atoms with Gasteiger partial charge in [0.05, 0.1) is 22.3 Å². The predicted molar refractivity (Wildman–Crippen MR) is 76.7 cm³/mol. The van der Waals surface area contributed by atoms with Gasteiger partial charge in [0.25, 0.3) is 5.91 Å². The molecule has 0 radical (unpaired) electrons. The van der Waals surface area contributed by atoms with Crippen LogP contribution in [0.25, 0.3) is 0 Å². The maximum Gasteiger partial charge on any atom is 0.262 e. The smallest absolute Gasteiger partial charge is 0.262 e. The number of halogens is 2. The Morgan fingerprint density at radius 2 is 2.14 bits per heavy atom. The highest BCUT2D eigenvalue weighted by atomic mass is 35.5. The van der Waals surface area contributed by atoms with Gasteiger partial charge in [-0.2, -0.15) is 5.26 Å². The van der Waals surface area contributed by atoms with Crippen molar-refractivity contribution in [1.29, 1.82) is 5.26 Å². The van der Waals surface area contributed by atoms with E-state index in [2.05, 4.69) is 5.32 Å². The Morgan fingerprint density at radius 1 is 1.33 bits per heavy atom. The first kappa shape index (κ1) is 14.8. The molecule has 0 fully saturated rings. The van der Waals surface area contributed by atoms with E-state index in [9.17, 15) is 9.18 Å². The van der Waals surface area contributed by atoms with E-state index in [4.69, 9.17) is 21.6 Å². The zero-order chi connectivity index (χ0) is 15.2. The summed E-state index contributed by atoms with van der Waals surface area (Å²) >= 11 is 5.80. The molecule has 1 amide bonds. The lowest BCUT2D eigenvalue weighted by molar-refractivity contribution is -0.118. The third-order valence-corrected chi connectivity index (χ3v) is 2.85. The normalized spacial score (nSPS) is 9.76. The van der Waals surface area contributed by atoms with Crippen molar-refractivity contribution < 1.29 is 13.9 Å². The Hall–Kier alpha value is -2.58. The molecule has 0 aliphatic carbocycles. The second-order valence-corrected chi connectivity index (χ2v) is 4.51. The second kappa shape index (κ2) is 6.73. The van der Waals surface area contributed by atoms with Crippen molar-refractivity contribution in [2.75, 3.05) is 11.9 Å². The molecule has 2 aromatic rings. The minimum absolute atomic E-state index is 0.106. The number of nitrogens with zero attached hydrogens (tertiary/aromatic N) is 1. The molecule has 0 atom stereocenters. The molecule has 106 valence electrons. The lowest BCUT2D eigenvalue weighted by Crippen LogP contribution is -2.20. The van der Waals surface area contributed by atoms with E-state index in [1.54, 1.807) is 18.2 Å². The van der Waals surface area contributed by atoms with E-state index in [1.807, 2.05) is 6.07 Å². The topological polar surface area (TPSA) is 62.1 Å². The van der Waals surface area contributed by atoms with Gasteiger partial charge in [0, 0.05) is 0 Å². The Kier molecular flexibility index (Phi) is 4.75. The number of anilines is 1. The molecule has 0 aliphatic heterocycles. The zero-order valence-corrected chi connectivity index (χ0v) is 11.5. The van der Waals surface area contributed by atoms with E-state index in [1.165, 1.54) is 18.2 Å². The van der Waals surface area contributed by atoms with Crippen LogP contribution >= 0.6 is 11.6 Å². The van der Waals surface area contributed by atoms with Crippen molar-refractivity contribution in [3.05, 3.63) is 58.9 Å². The van der Waals surface area contributed by atoms with Gasteiger partial charge in [-0.05, 0) is 36.4 Å². The van der Waals surface area contributed by atoms with Crippen LogP contribution in [-0.4, -0.2) is 12.5 Å². The summed E-state index contributed by atoms with van der Waals surface area (Å²) in [6.07, 6.45) is 0. The molecule has 0 heterocycles. The van der Waals surface area contributed by atoms with Crippen LogP contribution in [0.5, 0.6) is 5.75 Å². The molecule has 2 rings (SSSR count). The Balaban J connectivity index is 1.94. The second-order valence-electron chi connectivity index (χ2n) is 4.10. The van der Waals surface area contributed by atoms with Crippen molar-refractivity contribution in [3.63, 3.8) is 0 Å². The maximum absolute atomic E-state index is 12.9. The van der Waals surface area contributed by atoms with Crippen molar-refractivity contribution in [2.45, 2.75) is 0 Å². The molecule has 4 nitrogen and oxygen atoms in total. The quantitative estimate of drug-likeness (QED) is 0.942. The number of carbonyl (C=O) groups excluding carboxylic acids is 1.